The maximum absolute atomic E-state index is 9.21. The molecule has 0 unspecified atom stereocenters. The van der Waals surface area contributed by atoms with Gasteiger partial charge < -0.3 is 9.84 Å². The first kappa shape index (κ1) is 12.9. The van der Waals surface area contributed by atoms with Gasteiger partial charge in [-0.25, -0.2) is 0 Å². The van der Waals surface area contributed by atoms with Crippen LogP contribution in [-0.4, -0.2) is 42.1 Å². The molecule has 0 amide bonds. The van der Waals surface area contributed by atoms with Crippen molar-refractivity contribution in [3.8, 4) is 5.75 Å². The van der Waals surface area contributed by atoms with E-state index in [9.17, 15) is 5.11 Å². The van der Waals surface area contributed by atoms with Gasteiger partial charge in [0.15, 0.2) is 0 Å². The van der Waals surface area contributed by atoms with Gasteiger partial charge in [0.05, 0.1) is 26.3 Å². The van der Waals surface area contributed by atoms with Crippen LogP contribution in [0.4, 0.5) is 0 Å². The first-order chi connectivity index (χ1) is 8.74. The van der Waals surface area contributed by atoms with E-state index in [1.807, 2.05) is 12.1 Å². The number of nitrogens with zero attached hydrogens (tertiary/aromatic N) is 2. The quantitative estimate of drug-likeness (QED) is 0.829. The third-order valence-electron chi connectivity index (χ3n) is 3.01. The minimum Gasteiger partial charge on any atom is -0.508 e. The lowest BCUT2D eigenvalue weighted by Gasteiger charge is -2.24. The van der Waals surface area contributed by atoms with Crippen LogP contribution in [0.3, 0.4) is 0 Å². The zero-order valence-electron chi connectivity index (χ0n) is 10.8. The van der Waals surface area contributed by atoms with Crippen molar-refractivity contribution in [2.24, 2.45) is 5.10 Å². The van der Waals surface area contributed by atoms with Crippen molar-refractivity contribution >= 4 is 5.71 Å². The van der Waals surface area contributed by atoms with Crippen molar-refractivity contribution in [1.82, 2.24) is 5.01 Å². The van der Waals surface area contributed by atoms with E-state index >= 15 is 0 Å². The lowest BCUT2D eigenvalue weighted by molar-refractivity contribution is 0.0392. The lowest BCUT2D eigenvalue weighted by Crippen LogP contribution is -2.32. The molecule has 1 N–H and O–H groups in total. The topological polar surface area (TPSA) is 45.1 Å². The van der Waals surface area contributed by atoms with E-state index in [1.54, 1.807) is 12.1 Å². The van der Waals surface area contributed by atoms with Gasteiger partial charge in [0, 0.05) is 5.71 Å². The second-order valence-electron chi connectivity index (χ2n) is 4.57. The number of morpholine rings is 1. The third-order valence-corrected chi connectivity index (χ3v) is 3.01. The van der Waals surface area contributed by atoms with Gasteiger partial charge in [0.25, 0.3) is 0 Å². The highest BCUT2D eigenvalue weighted by Crippen LogP contribution is 2.11. The summed E-state index contributed by atoms with van der Waals surface area (Å²) in [6.07, 6.45) is 1.90. The summed E-state index contributed by atoms with van der Waals surface area (Å²) in [5.74, 6) is 0.317. The molecule has 98 valence electrons. The fraction of sp³-hybridized carbons (Fsp3) is 0.500. The zero-order chi connectivity index (χ0) is 12.8. The fourth-order valence-electron chi connectivity index (χ4n) is 1.93. The Balaban J connectivity index is 1.81. The monoisotopic (exact) mass is 248 g/mol. The number of hydrogen-bond acceptors (Lipinski definition) is 4. The third kappa shape index (κ3) is 4.04. The zero-order valence-corrected chi connectivity index (χ0v) is 10.8. The molecule has 1 saturated heterocycles. The predicted molar refractivity (Wildman–Crippen MR) is 71.9 cm³/mol. The molecule has 0 bridgehead atoms. The molecule has 0 aromatic heterocycles. The van der Waals surface area contributed by atoms with E-state index in [4.69, 9.17) is 4.74 Å². The van der Waals surface area contributed by atoms with E-state index in [0.717, 1.165) is 44.9 Å². The second-order valence-corrected chi connectivity index (χ2v) is 4.57. The molecule has 0 atom stereocenters. The van der Waals surface area contributed by atoms with Crippen molar-refractivity contribution in [2.45, 2.75) is 19.8 Å². The number of aryl methyl sites for hydroxylation is 1. The normalized spacial score (nSPS) is 16.9. The Bertz CT molecular complexity index is 395. The van der Waals surface area contributed by atoms with E-state index in [1.165, 1.54) is 5.56 Å². The van der Waals surface area contributed by atoms with Crippen LogP contribution in [0.2, 0.25) is 0 Å². The predicted octanol–water partition coefficient (Wildman–Crippen LogP) is 2.03. The number of ether oxygens (including phenoxy) is 1. The molecule has 1 heterocycles. The van der Waals surface area contributed by atoms with Gasteiger partial charge in [-0.2, -0.15) is 5.10 Å². The molecule has 0 radical (unpaired) electrons. The van der Waals surface area contributed by atoms with Crippen molar-refractivity contribution in [1.29, 1.82) is 0 Å². The Hall–Kier alpha value is -1.55. The smallest absolute Gasteiger partial charge is 0.115 e. The average molecular weight is 248 g/mol. The van der Waals surface area contributed by atoms with Crippen LogP contribution in [0.25, 0.3) is 0 Å². The molecule has 0 saturated carbocycles. The van der Waals surface area contributed by atoms with Crippen LogP contribution in [0.15, 0.2) is 29.4 Å². The second kappa shape index (κ2) is 6.40. The maximum Gasteiger partial charge on any atom is 0.115 e. The first-order valence-electron chi connectivity index (χ1n) is 6.39. The number of phenols is 1. The Morgan fingerprint density at radius 1 is 1.28 bits per heavy atom. The Labute approximate surface area is 108 Å². The van der Waals surface area contributed by atoms with E-state index in [-0.39, 0.29) is 0 Å². The van der Waals surface area contributed by atoms with Crippen LogP contribution in [0, 0.1) is 0 Å². The minimum absolute atomic E-state index is 0.317. The lowest BCUT2D eigenvalue weighted by atomic mass is 10.1. The number of benzene rings is 1. The molecule has 1 aromatic carbocycles. The van der Waals surface area contributed by atoms with Gasteiger partial charge in [0.1, 0.15) is 5.75 Å². The van der Waals surface area contributed by atoms with Crippen molar-refractivity contribution in [3.05, 3.63) is 29.8 Å². The van der Waals surface area contributed by atoms with Gasteiger partial charge in [-0.1, -0.05) is 12.1 Å². The van der Waals surface area contributed by atoms with Gasteiger partial charge in [-0.05, 0) is 37.5 Å². The number of phenolic OH excluding ortho intramolecular Hbond substituents is 1. The summed E-state index contributed by atoms with van der Waals surface area (Å²) in [4.78, 5) is 0. The minimum atomic E-state index is 0.317. The van der Waals surface area contributed by atoms with Crippen LogP contribution in [0.5, 0.6) is 5.75 Å². The molecular formula is C14H20N2O2. The van der Waals surface area contributed by atoms with Gasteiger partial charge in [-0.3, -0.25) is 5.01 Å². The van der Waals surface area contributed by atoms with E-state index in [0.29, 0.717) is 5.75 Å². The fourth-order valence-corrected chi connectivity index (χ4v) is 1.93. The standard InChI is InChI=1S/C14H20N2O2/c1-12(15-16-8-10-18-11-9-16)2-3-13-4-6-14(17)7-5-13/h4-7,17H,2-3,8-11H2,1H3. The number of hydrazone groups is 1. The van der Waals surface area contributed by atoms with E-state index < -0.39 is 0 Å². The van der Waals surface area contributed by atoms with Gasteiger partial charge in [0.2, 0.25) is 0 Å². The molecule has 1 aliphatic rings. The highest BCUT2D eigenvalue weighted by molar-refractivity contribution is 5.81. The maximum atomic E-state index is 9.21. The molecule has 1 aliphatic heterocycles. The van der Waals surface area contributed by atoms with Crippen LogP contribution >= 0.6 is 0 Å². The van der Waals surface area contributed by atoms with Crippen molar-refractivity contribution in [2.75, 3.05) is 26.3 Å². The molecule has 2 rings (SSSR count). The molecule has 18 heavy (non-hydrogen) atoms. The largest absolute Gasteiger partial charge is 0.508 e. The van der Waals surface area contributed by atoms with E-state index in [2.05, 4.69) is 17.0 Å². The van der Waals surface area contributed by atoms with Crippen LogP contribution in [0.1, 0.15) is 18.9 Å². The SMILES string of the molecule is CC(CCc1ccc(O)cc1)=NN1CCOCC1. The molecule has 1 aromatic rings. The Kier molecular flexibility index (Phi) is 4.59. The van der Waals surface area contributed by atoms with Gasteiger partial charge in [-0.15, -0.1) is 0 Å². The summed E-state index contributed by atoms with van der Waals surface area (Å²) in [7, 11) is 0. The summed E-state index contributed by atoms with van der Waals surface area (Å²) in [6.45, 7) is 5.38. The summed E-state index contributed by atoms with van der Waals surface area (Å²) in [5.41, 5.74) is 2.37. The number of hydrogen-bond donors (Lipinski definition) is 1. The molecule has 4 nitrogen and oxygen atoms in total. The summed E-state index contributed by atoms with van der Waals surface area (Å²) >= 11 is 0. The highest BCUT2D eigenvalue weighted by Gasteiger charge is 2.07. The summed E-state index contributed by atoms with van der Waals surface area (Å²) < 4.78 is 5.29. The molecular weight excluding hydrogens is 228 g/mol. The van der Waals surface area contributed by atoms with Crippen molar-refractivity contribution in [3.63, 3.8) is 0 Å². The molecule has 1 fully saturated rings. The molecule has 4 heteroatoms. The van der Waals surface area contributed by atoms with Crippen LogP contribution in [-0.2, 0) is 11.2 Å². The van der Waals surface area contributed by atoms with Gasteiger partial charge >= 0.3 is 0 Å². The first-order valence-corrected chi connectivity index (χ1v) is 6.39. The summed E-state index contributed by atoms with van der Waals surface area (Å²) in [5, 5.41) is 15.9. The van der Waals surface area contributed by atoms with Crippen molar-refractivity contribution < 1.29 is 9.84 Å². The molecule has 0 aliphatic carbocycles. The average Bonchev–Trinajstić information content (AvgIpc) is 2.39. The molecule has 0 spiro atoms. The van der Waals surface area contributed by atoms with Crippen LogP contribution < -0.4 is 0 Å². The highest BCUT2D eigenvalue weighted by atomic mass is 16.5. The Morgan fingerprint density at radius 2 is 1.94 bits per heavy atom. The number of aromatic hydroxyl groups is 1. The Morgan fingerprint density at radius 3 is 2.61 bits per heavy atom. The number of rotatable bonds is 4. The summed E-state index contributed by atoms with van der Waals surface area (Å²) in [6, 6.07) is 7.36.